The van der Waals surface area contributed by atoms with Crippen molar-refractivity contribution in [1.29, 1.82) is 0 Å². The molecule has 0 unspecified atom stereocenters. The van der Waals surface area contributed by atoms with Crippen molar-refractivity contribution in [3.63, 3.8) is 0 Å². The van der Waals surface area contributed by atoms with Crippen molar-refractivity contribution in [2.24, 2.45) is 0 Å². The van der Waals surface area contributed by atoms with Crippen molar-refractivity contribution < 1.29 is 8.78 Å². The third-order valence-electron chi connectivity index (χ3n) is 12.5. The molecule has 3 nitrogen and oxygen atoms in total. The van der Waals surface area contributed by atoms with Gasteiger partial charge in [-0.05, 0) is 166 Å². The highest BCUT2D eigenvalue weighted by Gasteiger charge is 2.21. The molecule has 0 fully saturated rings. The summed E-state index contributed by atoms with van der Waals surface area (Å²) in [5.41, 5.74) is 11.9. The summed E-state index contributed by atoms with van der Waals surface area (Å²) in [7, 11) is 0. The third-order valence-corrected chi connectivity index (χ3v) is 12.5. The zero-order valence-corrected chi connectivity index (χ0v) is 34.5. The molecule has 11 rings (SSSR count). The highest BCUT2D eigenvalue weighted by molar-refractivity contribution is 6.26. The van der Waals surface area contributed by atoms with Gasteiger partial charge in [0.25, 0.3) is 0 Å². The van der Waals surface area contributed by atoms with E-state index in [1.165, 1.54) is 62.5 Å². The number of halogens is 2. The summed E-state index contributed by atoms with van der Waals surface area (Å²) in [6.07, 6.45) is 0. The predicted octanol–water partition coefficient (Wildman–Crippen LogP) is 16.6. The number of hydrogen-bond acceptors (Lipinski definition) is 2. The van der Waals surface area contributed by atoms with Crippen molar-refractivity contribution in [2.45, 2.75) is 39.5 Å². The molecule has 0 aliphatic carbocycles. The Morgan fingerprint density at radius 1 is 0.361 bits per heavy atom. The lowest BCUT2D eigenvalue weighted by atomic mass is 10.0. The highest BCUT2D eigenvalue weighted by Crippen LogP contribution is 2.44. The Bertz CT molecular complexity index is 3200. The number of anilines is 6. The largest absolute Gasteiger partial charge is 0.310 e. The van der Waals surface area contributed by atoms with Gasteiger partial charge in [-0.1, -0.05) is 82.3 Å². The molecule has 0 amide bonds. The Morgan fingerprint density at radius 3 is 1.10 bits per heavy atom. The fraction of sp³-hybridized carbons (Fsp3) is 0.107. The van der Waals surface area contributed by atoms with E-state index in [-0.39, 0.29) is 11.6 Å². The smallest absolute Gasteiger partial charge is 0.123 e. The first-order chi connectivity index (χ1) is 29.7. The van der Waals surface area contributed by atoms with E-state index in [1.807, 2.05) is 24.3 Å². The molecule has 5 heteroatoms. The lowest BCUT2D eigenvalue weighted by Gasteiger charge is -2.26. The van der Waals surface area contributed by atoms with Crippen LogP contribution in [0.5, 0.6) is 0 Å². The number of hydrogen-bond donors (Lipinski definition) is 0. The molecule has 0 N–H and O–H groups in total. The standard InChI is InChI=1S/C56H43F2N3/c1-34(2)36-8-18-44(19-9-36)59(46-24-14-42(57)15-25-46)48-22-12-38-30-52-50-6-5-7-51-53-31-39-13-23-49(29-41(39)33-55(53)61(56(50)51)54(52)32-40(38)28-48)60(47-26-16-43(58)17-27-47)45-20-10-37(11-21-45)35(3)4/h5-35H,1-4H3. The van der Waals surface area contributed by atoms with Crippen LogP contribution in [0, 0.1) is 11.6 Å². The summed E-state index contributed by atoms with van der Waals surface area (Å²) >= 11 is 0. The molecule has 0 radical (unpaired) electrons. The first-order valence-corrected chi connectivity index (χ1v) is 21.1. The number of benzene rings is 9. The zero-order valence-electron chi connectivity index (χ0n) is 34.5. The normalized spacial score (nSPS) is 12.1. The molecule has 0 aliphatic heterocycles. The molecule has 296 valence electrons. The molecule has 0 saturated carbocycles. The molecule has 9 aromatic carbocycles. The van der Waals surface area contributed by atoms with Crippen LogP contribution < -0.4 is 9.80 Å². The van der Waals surface area contributed by atoms with E-state index in [9.17, 15) is 8.78 Å². The molecular formula is C56H43F2N3. The van der Waals surface area contributed by atoms with Gasteiger partial charge in [0.1, 0.15) is 11.6 Å². The van der Waals surface area contributed by atoms with Crippen LogP contribution in [0.2, 0.25) is 0 Å². The summed E-state index contributed by atoms with van der Waals surface area (Å²) in [5, 5.41) is 9.42. The third kappa shape index (κ3) is 6.14. The number of nitrogens with zero attached hydrogens (tertiary/aromatic N) is 3. The van der Waals surface area contributed by atoms with Crippen LogP contribution in [-0.4, -0.2) is 4.40 Å². The Kier molecular flexibility index (Phi) is 8.57. The average molecular weight is 796 g/mol. The number of fused-ring (bicyclic) bond motifs is 8. The molecular weight excluding hydrogens is 753 g/mol. The topological polar surface area (TPSA) is 10.9 Å². The van der Waals surface area contributed by atoms with Crippen molar-refractivity contribution in [3.8, 4) is 0 Å². The lowest BCUT2D eigenvalue weighted by Crippen LogP contribution is -2.10. The first-order valence-electron chi connectivity index (χ1n) is 21.1. The van der Waals surface area contributed by atoms with E-state index in [2.05, 4.69) is 169 Å². The van der Waals surface area contributed by atoms with Gasteiger partial charge >= 0.3 is 0 Å². The van der Waals surface area contributed by atoms with Gasteiger partial charge in [-0.25, -0.2) is 8.78 Å². The van der Waals surface area contributed by atoms with E-state index in [0.717, 1.165) is 66.7 Å². The Hall–Kier alpha value is -7.24. The van der Waals surface area contributed by atoms with Gasteiger partial charge in [0.2, 0.25) is 0 Å². The van der Waals surface area contributed by atoms with Gasteiger partial charge in [-0.2, -0.15) is 0 Å². The van der Waals surface area contributed by atoms with Crippen molar-refractivity contribution in [1.82, 2.24) is 4.40 Å². The Balaban J connectivity index is 1.09. The summed E-state index contributed by atoms with van der Waals surface area (Å²) in [4.78, 5) is 4.40. The maximum absolute atomic E-state index is 14.2. The number of aromatic nitrogens is 1. The second-order valence-electron chi connectivity index (χ2n) is 17.0. The van der Waals surface area contributed by atoms with Crippen LogP contribution in [0.25, 0.3) is 59.6 Å². The molecule has 2 heterocycles. The first kappa shape index (κ1) is 36.8. The van der Waals surface area contributed by atoms with Gasteiger partial charge in [-0.15, -0.1) is 0 Å². The summed E-state index contributed by atoms with van der Waals surface area (Å²) in [6, 6.07) is 60.0. The molecule has 11 aromatic rings. The molecule has 0 atom stereocenters. The van der Waals surface area contributed by atoms with E-state index in [1.54, 1.807) is 0 Å². The molecule has 61 heavy (non-hydrogen) atoms. The number of rotatable bonds is 8. The fourth-order valence-electron chi connectivity index (χ4n) is 9.31. The maximum Gasteiger partial charge on any atom is 0.123 e. The second kappa shape index (κ2) is 14.2. The fourth-order valence-corrected chi connectivity index (χ4v) is 9.31. The monoisotopic (exact) mass is 795 g/mol. The highest BCUT2D eigenvalue weighted by atomic mass is 19.1. The lowest BCUT2D eigenvalue weighted by molar-refractivity contribution is 0.627. The SMILES string of the molecule is CC(C)c1ccc(N(c2ccc(F)cc2)c2ccc3cc4c5cccc6c7cc8ccc(N(c9ccc(F)cc9)c9ccc(C(C)C)cc9)cc8cc7n(c4cc3c2)c56)cc1. The minimum atomic E-state index is -0.261. The molecule has 2 aromatic heterocycles. The van der Waals surface area contributed by atoms with Crippen LogP contribution in [0.3, 0.4) is 0 Å². The van der Waals surface area contributed by atoms with Crippen LogP contribution in [0.1, 0.15) is 50.7 Å². The molecule has 0 aliphatic rings. The van der Waals surface area contributed by atoms with E-state index in [4.69, 9.17) is 0 Å². The minimum Gasteiger partial charge on any atom is -0.310 e. The van der Waals surface area contributed by atoms with Gasteiger partial charge in [0.05, 0.1) is 16.6 Å². The molecule has 0 spiro atoms. The number of para-hydroxylation sites is 1. The quantitative estimate of drug-likeness (QED) is 0.152. The Labute approximate surface area is 353 Å². The predicted molar refractivity (Wildman–Crippen MR) is 254 cm³/mol. The second-order valence-corrected chi connectivity index (χ2v) is 17.0. The molecule has 0 bridgehead atoms. The van der Waals surface area contributed by atoms with Gasteiger partial charge in [0.15, 0.2) is 0 Å². The van der Waals surface area contributed by atoms with Gasteiger partial charge < -0.3 is 14.2 Å². The summed E-state index contributed by atoms with van der Waals surface area (Å²) in [6.45, 7) is 8.80. The van der Waals surface area contributed by atoms with Crippen LogP contribution >= 0.6 is 0 Å². The van der Waals surface area contributed by atoms with Crippen LogP contribution in [-0.2, 0) is 0 Å². The van der Waals surface area contributed by atoms with E-state index in [0.29, 0.717) is 11.8 Å². The summed E-state index contributed by atoms with van der Waals surface area (Å²) < 4.78 is 30.9. The van der Waals surface area contributed by atoms with Gasteiger partial charge in [-0.3, -0.25) is 0 Å². The average Bonchev–Trinajstić information content (AvgIpc) is 3.77. The van der Waals surface area contributed by atoms with Gasteiger partial charge in [0, 0.05) is 55.7 Å². The van der Waals surface area contributed by atoms with Crippen LogP contribution in [0.4, 0.5) is 42.9 Å². The minimum absolute atomic E-state index is 0.261. The van der Waals surface area contributed by atoms with Crippen molar-refractivity contribution in [3.05, 3.63) is 199 Å². The van der Waals surface area contributed by atoms with E-state index >= 15 is 0 Å². The van der Waals surface area contributed by atoms with Crippen LogP contribution in [0.15, 0.2) is 176 Å². The molecule has 0 saturated heterocycles. The zero-order chi connectivity index (χ0) is 41.5. The Morgan fingerprint density at radius 2 is 0.721 bits per heavy atom. The van der Waals surface area contributed by atoms with Crippen molar-refractivity contribution in [2.75, 3.05) is 9.80 Å². The summed E-state index contributed by atoms with van der Waals surface area (Å²) in [5.74, 6) is 0.312. The van der Waals surface area contributed by atoms with Crippen molar-refractivity contribution >= 4 is 93.8 Å². The maximum atomic E-state index is 14.2. The van der Waals surface area contributed by atoms with E-state index < -0.39 is 0 Å².